The molecule has 6 nitrogen and oxygen atoms in total. The second-order valence-corrected chi connectivity index (χ2v) is 6.76. The summed E-state index contributed by atoms with van der Waals surface area (Å²) in [7, 11) is 0. The van der Waals surface area contributed by atoms with Gasteiger partial charge in [0.25, 0.3) is 5.56 Å². The number of rotatable bonds is 3. The Morgan fingerprint density at radius 3 is 2.67 bits per heavy atom. The fourth-order valence-corrected chi connectivity index (χ4v) is 3.32. The topological polar surface area (TPSA) is 68.4 Å². The molecular weight excluding hydrogens is 340 g/mol. The van der Waals surface area contributed by atoms with Crippen LogP contribution in [-0.4, -0.2) is 20.1 Å². The van der Waals surface area contributed by atoms with E-state index in [2.05, 4.69) is 10.4 Å². The summed E-state index contributed by atoms with van der Waals surface area (Å²) in [4.78, 5) is 25.7. The maximum absolute atomic E-state index is 13.0. The normalized spacial score (nSPS) is 11.2. The fraction of sp³-hybridized carbons (Fsp3) is 0.190. The Morgan fingerprint density at radius 1 is 1.07 bits per heavy atom. The minimum absolute atomic E-state index is 0.0777. The zero-order valence-corrected chi connectivity index (χ0v) is 15.5. The van der Waals surface area contributed by atoms with Crippen LogP contribution in [0.1, 0.15) is 16.8 Å². The average molecular weight is 360 g/mol. The molecule has 2 aromatic heterocycles. The van der Waals surface area contributed by atoms with E-state index in [9.17, 15) is 9.59 Å². The Hall–Kier alpha value is -3.41. The highest BCUT2D eigenvalue weighted by Crippen LogP contribution is 2.18. The van der Waals surface area contributed by atoms with Gasteiger partial charge in [-0.25, -0.2) is 4.52 Å². The van der Waals surface area contributed by atoms with Gasteiger partial charge in [0.15, 0.2) is 0 Å². The number of benzene rings is 2. The SMILES string of the molecule is Cc1cc2n(CC(=O)Nc3cccc(C)c3C)c(=O)c3ccccc3n2n1. The third-order valence-corrected chi connectivity index (χ3v) is 4.88. The first kappa shape index (κ1) is 17.0. The Labute approximate surface area is 156 Å². The fourth-order valence-electron chi connectivity index (χ4n) is 3.32. The van der Waals surface area contributed by atoms with E-state index in [1.165, 1.54) is 4.57 Å². The number of nitrogens with zero attached hydrogens (tertiary/aromatic N) is 3. The molecule has 0 saturated carbocycles. The molecule has 0 saturated heterocycles. The Bertz CT molecular complexity index is 1250. The zero-order valence-electron chi connectivity index (χ0n) is 15.5. The van der Waals surface area contributed by atoms with Crippen molar-refractivity contribution in [3.63, 3.8) is 0 Å². The maximum atomic E-state index is 13.0. The molecule has 0 fully saturated rings. The first-order valence-corrected chi connectivity index (χ1v) is 8.79. The van der Waals surface area contributed by atoms with E-state index in [1.807, 2.05) is 63.2 Å². The molecule has 1 amide bonds. The van der Waals surface area contributed by atoms with E-state index in [1.54, 1.807) is 10.6 Å². The smallest absolute Gasteiger partial charge is 0.262 e. The summed E-state index contributed by atoms with van der Waals surface area (Å²) in [5.74, 6) is -0.248. The molecule has 1 N–H and O–H groups in total. The van der Waals surface area contributed by atoms with Gasteiger partial charge < -0.3 is 5.32 Å². The second-order valence-electron chi connectivity index (χ2n) is 6.76. The molecule has 6 heteroatoms. The van der Waals surface area contributed by atoms with Gasteiger partial charge in [-0.15, -0.1) is 0 Å². The van der Waals surface area contributed by atoms with E-state index in [-0.39, 0.29) is 18.0 Å². The summed E-state index contributed by atoms with van der Waals surface area (Å²) in [5.41, 5.74) is 4.80. The second kappa shape index (κ2) is 6.39. The van der Waals surface area contributed by atoms with Crippen molar-refractivity contribution in [3.05, 3.63) is 75.7 Å². The molecule has 0 aliphatic carbocycles. The van der Waals surface area contributed by atoms with Crippen LogP contribution in [0.25, 0.3) is 16.6 Å². The van der Waals surface area contributed by atoms with Gasteiger partial charge in [-0.1, -0.05) is 24.3 Å². The summed E-state index contributed by atoms with van der Waals surface area (Å²) in [6.07, 6.45) is 0. The molecule has 0 aliphatic rings. The molecule has 0 spiro atoms. The van der Waals surface area contributed by atoms with Crippen LogP contribution in [0.2, 0.25) is 0 Å². The number of hydrogen-bond donors (Lipinski definition) is 1. The molecule has 0 unspecified atom stereocenters. The molecular formula is C21H20N4O2. The van der Waals surface area contributed by atoms with Gasteiger partial charge in [-0.05, 0) is 50.1 Å². The van der Waals surface area contributed by atoms with E-state index < -0.39 is 0 Å². The summed E-state index contributed by atoms with van der Waals surface area (Å²) in [5, 5.41) is 7.94. The molecule has 4 rings (SSSR count). The number of carbonyl (C=O) groups excluding carboxylic acids is 1. The number of para-hydroxylation sites is 1. The van der Waals surface area contributed by atoms with Gasteiger partial charge in [0.2, 0.25) is 5.91 Å². The molecule has 0 aliphatic heterocycles. The van der Waals surface area contributed by atoms with Gasteiger partial charge in [0.1, 0.15) is 12.2 Å². The first-order chi connectivity index (χ1) is 13.0. The number of aromatic nitrogens is 3. The minimum atomic E-state index is -0.248. The van der Waals surface area contributed by atoms with Crippen LogP contribution >= 0.6 is 0 Å². The lowest BCUT2D eigenvalue weighted by Crippen LogP contribution is -2.29. The van der Waals surface area contributed by atoms with Gasteiger partial charge in [-0.3, -0.25) is 14.2 Å². The van der Waals surface area contributed by atoms with Crippen LogP contribution in [0.3, 0.4) is 0 Å². The summed E-state index contributed by atoms with van der Waals surface area (Å²) in [6.45, 7) is 5.75. The van der Waals surface area contributed by atoms with Crippen molar-refractivity contribution >= 4 is 28.1 Å². The standard InChI is InChI=1S/C21H20N4O2/c1-13-7-6-9-17(15(13)3)22-19(26)12-24-20-11-14(2)23-25(20)18-10-5-4-8-16(18)21(24)27/h4-11H,12H2,1-3H3,(H,22,26). The van der Waals surface area contributed by atoms with Gasteiger partial charge in [0, 0.05) is 11.8 Å². The molecule has 2 aromatic carbocycles. The van der Waals surface area contributed by atoms with Crippen LogP contribution in [0.15, 0.2) is 53.3 Å². The van der Waals surface area contributed by atoms with Crippen LogP contribution in [0, 0.1) is 20.8 Å². The Morgan fingerprint density at radius 2 is 1.85 bits per heavy atom. The molecule has 0 atom stereocenters. The lowest BCUT2D eigenvalue weighted by Gasteiger charge is -2.13. The minimum Gasteiger partial charge on any atom is -0.324 e. The first-order valence-electron chi connectivity index (χ1n) is 8.79. The van der Waals surface area contributed by atoms with Crippen LogP contribution in [-0.2, 0) is 11.3 Å². The number of aryl methyl sites for hydroxylation is 2. The van der Waals surface area contributed by atoms with Crippen molar-refractivity contribution in [2.24, 2.45) is 0 Å². The van der Waals surface area contributed by atoms with Crippen molar-refractivity contribution in [3.8, 4) is 0 Å². The number of fused-ring (bicyclic) bond motifs is 3. The van der Waals surface area contributed by atoms with E-state index >= 15 is 0 Å². The molecule has 2 heterocycles. The lowest BCUT2D eigenvalue weighted by atomic mass is 10.1. The highest BCUT2D eigenvalue weighted by atomic mass is 16.2. The molecule has 27 heavy (non-hydrogen) atoms. The average Bonchev–Trinajstić information content (AvgIpc) is 3.04. The number of amides is 1. The van der Waals surface area contributed by atoms with Crippen molar-refractivity contribution in [1.82, 2.24) is 14.2 Å². The maximum Gasteiger partial charge on any atom is 0.262 e. The van der Waals surface area contributed by atoms with E-state index in [4.69, 9.17) is 0 Å². The van der Waals surface area contributed by atoms with Crippen LogP contribution < -0.4 is 10.9 Å². The van der Waals surface area contributed by atoms with E-state index in [0.717, 1.165) is 28.0 Å². The van der Waals surface area contributed by atoms with E-state index in [0.29, 0.717) is 11.0 Å². The highest BCUT2D eigenvalue weighted by Gasteiger charge is 2.15. The number of anilines is 1. The monoisotopic (exact) mass is 360 g/mol. The quantitative estimate of drug-likeness (QED) is 0.610. The zero-order chi connectivity index (χ0) is 19.1. The van der Waals surface area contributed by atoms with Gasteiger partial charge in [-0.2, -0.15) is 5.10 Å². The largest absolute Gasteiger partial charge is 0.324 e. The third kappa shape index (κ3) is 2.89. The number of carbonyl (C=O) groups is 1. The predicted octanol–water partition coefficient (Wildman–Crippen LogP) is 3.21. The Balaban J connectivity index is 1.79. The predicted molar refractivity (Wildman–Crippen MR) is 106 cm³/mol. The molecule has 4 aromatic rings. The molecule has 0 bridgehead atoms. The van der Waals surface area contributed by atoms with Crippen molar-refractivity contribution in [2.75, 3.05) is 5.32 Å². The third-order valence-electron chi connectivity index (χ3n) is 4.88. The van der Waals surface area contributed by atoms with Gasteiger partial charge >= 0.3 is 0 Å². The molecule has 0 radical (unpaired) electrons. The summed E-state index contributed by atoms with van der Waals surface area (Å²) >= 11 is 0. The van der Waals surface area contributed by atoms with Crippen molar-refractivity contribution in [2.45, 2.75) is 27.3 Å². The van der Waals surface area contributed by atoms with Crippen LogP contribution in [0.5, 0.6) is 0 Å². The summed E-state index contributed by atoms with van der Waals surface area (Å²) < 4.78 is 3.19. The van der Waals surface area contributed by atoms with Gasteiger partial charge in [0.05, 0.1) is 16.6 Å². The number of nitrogens with one attached hydrogen (secondary N) is 1. The Kier molecular flexibility index (Phi) is 4.03. The highest BCUT2D eigenvalue weighted by molar-refractivity contribution is 5.92. The van der Waals surface area contributed by atoms with Crippen molar-refractivity contribution < 1.29 is 4.79 Å². The molecule has 136 valence electrons. The van der Waals surface area contributed by atoms with Crippen LogP contribution in [0.4, 0.5) is 5.69 Å². The lowest BCUT2D eigenvalue weighted by molar-refractivity contribution is -0.116. The number of hydrogen-bond acceptors (Lipinski definition) is 3. The van der Waals surface area contributed by atoms with Crippen molar-refractivity contribution in [1.29, 1.82) is 0 Å². The summed E-state index contributed by atoms with van der Waals surface area (Å²) in [6, 6.07) is 14.9.